The second kappa shape index (κ2) is 9.85. The van der Waals surface area contributed by atoms with E-state index in [1.54, 1.807) is 30.3 Å². The van der Waals surface area contributed by atoms with E-state index in [1.807, 2.05) is 6.07 Å². The summed E-state index contributed by atoms with van der Waals surface area (Å²) in [5.41, 5.74) is 0.0878. The van der Waals surface area contributed by atoms with Gasteiger partial charge in [0.05, 0.1) is 24.5 Å². The maximum atomic E-state index is 12.8. The molecule has 0 aliphatic heterocycles. The molecule has 9 heteroatoms. The third kappa shape index (κ3) is 5.29. The highest BCUT2D eigenvalue weighted by atomic mass is 16.6. The number of methoxy groups -OCH3 is 1. The van der Waals surface area contributed by atoms with Crippen LogP contribution in [0.2, 0.25) is 0 Å². The molecule has 2 aromatic rings. The van der Waals surface area contributed by atoms with Crippen LogP contribution in [0.3, 0.4) is 0 Å². The number of carbonyl (C=O) groups excluding carboxylic acids is 2. The lowest BCUT2D eigenvalue weighted by molar-refractivity contribution is -0.384. The molecule has 0 saturated heterocycles. The molecule has 29 heavy (non-hydrogen) atoms. The number of para-hydroxylation sites is 1. The third-order valence-corrected chi connectivity index (χ3v) is 4.03. The number of rotatable bonds is 8. The van der Waals surface area contributed by atoms with Crippen LogP contribution in [0, 0.1) is 21.4 Å². The van der Waals surface area contributed by atoms with Crippen molar-refractivity contribution in [1.82, 2.24) is 0 Å². The van der Waals surface area contributed by atoms with E-state index in [1.165, 1.54) is 31.1 Å². The van der Waals surface area contributed by atoms with Crippen molar-refractivity contribution in [1.29, 1.82) is 5.26 Å². The maximum Gasteiger partial charge on any atom is 0.342 e. The predicted octanol–water partition coefficient (Wildman–Crippen LogP) is 3.10. The molecule has 1 amide bonds. The first-order chi connectivity index (χ1) is 13.9. The van der Waals surface area contributed by atoms with E-state index in [0.717, 1.165) is 6.07 Å². The number of nitrogens with zero attached hydrogens (tertiary/aromatic N) is 3. The average molecular weight is 397 g/mol. The van der Waals surface area contributed by atoms with Gasteiger partial charge in [0, 0.05) is 24.4 Å². The van der Waals surface area contributed by atoms with Crippen LogP contribution < -0.4 is 9.64 Å². The molecule has 0 N–H and O–H groups in total. The van der Waals surface area contributed by atoms with E-state index in [9.17, 15) is 19.7 Å². The van der Waals surface area contributed by atoms with Crippen LogP contribution in [0.1, 0.15) is 23.7 Å². The van der Waals surface area contributed by atoms with Crippen LogP contribution in [0.25, 0.3) is 0 Å². The van der Waals surface area contributed by atoms with Crippen molar-refractivity contribution in [3.05, 3.63) is 64.2 Å². The Morgan fingerprint density at radius 3 is 2.52 bits per heavy atom. The molecule has 0 spiro atoms. The fourth-order valence-corrected chi connectivity index (χ4v) is 2.60. The van der Waals surface area contributed by atoms with Crippen molar-refractivity contribution in [3.63, 3.8) is 0 Å². The summed E-state index contributed by atoms with van der Waals surface area (Å²) in [4.78, 5) is 37.1. The Labute approximate surface area is 167 Å². The summed E-state index contributed by atoms with van der Waals surface area (Å²) in [6, 6.07) is 14.2. The van der Waals surface area contributed by atoms with E-state index in [-0.39, 0.29) is 30.0 Å². The minimum atomic E-state index is -1.19. The Morgan fingerprint density at radius 1 is 1.24 bits per heavy atom. The van der Waals surface area contributed by atoms with Crippen molar-refractivity contribution >= 4 is 23.3 Å². The maximum absolute atomic E-state index is 12.8. The van der Waals surface area contributed by atoms with Crippen molar-refractivity contribution in [2.24, 2.45) is 0 Å². The Bertz CT molecular complexity index is 939. The SMILES string of the molecule is COc1ccc([N+](=O)[O-])cc1C(=O)OC(C)C(=O)N(CCC#N)c1ccccc1. The zero-order valence-corrected chi connectivity index (χ0v) is 15.9. The molecule has 0 aromatic heterocycles. The van der Waals surface area contributed by atoms with Gasteiger partial charge in [-0.25, -0.2) is 4.79 Å². The normalized spacial score (nSPS) is 11.1. The molecular weight excluding hydrogens is 378 g/mol. The highest BCUT2D eigenvalue weighted by Gasteiger charge is 2.27. The van der Waals surface area contributed by atoms with Crippen LogP contribution in [0.4, 0.5) is 11.4 Å². The summed E-state index contributed by atoms with van der Waals surface area (Å²) in [6.45, 7) is 1.52. The second-order valence-corrected chi connectivity index (χ2v) is 5.92. The number of nitriles is 1. The second-order valence-electron chi connectivity index (χ2n) is 5.92. The van der Waals surface area contributed by atoms with Crippen LogP contribution in [0.5, 0.6) is 5.75 Å². The Kier molecular flexibility index (Phi) is 7.26. The van der Waals surface area contributed by atoms with Crippen molar-refractivity contribution in [3.8, 4) is 11.8 Å². The highest BCUT2D eigenvalue weighted by Crippen LogP contribution is 2.25. The quantitative estimate of drug-likeness (QED) is 0.381. The average Bonchev–Trinajstić information content (AvgIpc) is 2.73. The molecule has 150 valence electrons. The zero-order valence-electron chi connectivity index (χ0n) is 15.9. The Balaban J connectivity index is 2.23. The van der Waals surface area contributed by atoms with E-state index in [4.69, 9.17) is 14.7 Å². The van der Waals surface area contributed by atoms with E-state index in [0.29, 0.717) is 5.69 Å². The van der Waals surface area contributed by atoms with Gasteiger partial charge in [-0.2, -0.15) is 5.26 Å². The molecular formula is C20H19N3O6. The van der Waals surface area contributed by atoms with Gasteiger partial charge < -0.3 is 14.4 Å². The van der Waals surface area contributed by atoms with Crippen LogP contribution in [-0.2, 0) is 9.53 Å². The Hall–Kier alpha value is -3.93. The fraction of sp³-hybridized carbons (Fsp3) is 0.250. The number of carbonyl (C=O) groups is 2. The number of benzene rings is 2. The van der Waals surface area contributed by atoms with Crippen molar-refractivity contribution < 1.29 is 24.0 Å². The van der Waals surface area contributed by atoms with Crippen LogP contribution >= 0.6 is 0 Å². The standard InChI is InChI=1S/C20H19N3O6/c1-14(19(24)22(12-6-11-21)15-7-4-3-5-8-15)29-20(25)17-13-16(23(26)27)9-10-18(17)28-2/h3-5,7-10,13-14H,6,12H2,1-2H3. The van der Waals surface area contributed by atoms with E-state index >= 15 is 0 Å². The lowest BCUT2D eigenvalue weighted by atomic mass is 10.1. The Morgan fingerprint density at radius 2 is 1.93 bits per heavy atom. The lowest BCUT2D eigenvalue weighted by Gasteiger charge is -2.25. The molecule has 1 atom stereocenters. The van der Waals surface area contributed by atoms with Gasteiger partial charge in [-0.3, -0.25) is 14.9 Å². The molecule has 0 bridgehead atoms. The summed E-state index contributed by atoms with van der Waals surface area (Å²) >= 11 is 0. The van der Waals surface area contributed by atoms with Gasteiger partial charge in [-0.15, -0.1) is 0 Å². The molecule has 0 saturated carbocycles. The largest absolute Gasteiger partial charge is 0.496 e. The van der Waals surface area contributed by atoms with Gasteiger partial charge in [0.25, 0.3) is 11.6 Å². The minimum Gasteiger partial charge on any atom is -0.496 e. The molecule has 2 rings (SSSR count). The summed E-state index contributed by atoms with van der Waals surface area (Å²) in [7, 11) is 1.31. The minimum absolute atomic E-state index is 0.0876. The molecule has 0 radical (unpaired) electrons. The van der Waals surface area contributed by atoms with Gasteiger partial charge in [0.2, 0.25) is 0 Å². The zero-order chi connectivity index (χ0) is 21.4. The number of amides is 1. The number of nitro benzene ring substituents is 1. The summed E-state index contributed by atoms with van der Waals surface area (Å²) in [6.07, 6.45) is -1.09. The van der Waals surface area contributed by atoms with Gasteiger partial charge in [0.1, 0.15) is 11.3 Å². The summed E-state index contributed by atoms with van der Waals surface area (Å²) in [5.74, 6) is -1.37. The lowest BCUT2D eigenvalue weighted by Crippen LogP contribution is -2.40. The number of hydrogen-bond acceptors (Lipinski definition) is 7. The molecule has 0 heterocycles. The van der Waals surface area contributed by atoms with Crippen molar-refractivity contribution in [2.45, 2.75) is 19.4 Å². The molecule has 2 aromatic carbocycles. The smallest absolute Gasteiger partial charge is 0.342 e. The number of ether oxygens (including phenoxy) is 2. The molecule has 0 fully saturated rings. The third-order valence-electron chi connectivity index (χ3n) is 4.03. The van der Waals surface area contributed by atoms with Gasteiger partial charge in [-0.05, 0) is 25.1 Å². The van der Waals surface area contributed by atoms with E-state index in [2.05, 4.69) is 0 Å². The molecule has 9 nitrogen and oxygen atoms in total. The van der Waals surface area contributed by atoms with Gasteiger partial charge >= 0.3 is 5.97 Å². The number of anilines is 1. The number of nitro groups is 1. The number of hydrogen-bond donors (Lipinski definition) is 0. The number of non-ortho nitro benzene ring substituents is 1. The summed E-state index contributed by atoms with van der Waals surface area (Å²) < 4.78 is 10.3. The van der Waals surface area contributed by atoms with Crippen molar-refractivity contribution in [2.75, 3.05) is 18.6 Å². The predicted molar refractivity (Wildman–Crippen MR) is 104 cm³/mol. The van der Waals surface area contributed by atoms with E-state index < -0.39 is 22.9 Å². The highest BCUT2D eigenvalue weighted by molar-refractivity contribution is 6.00. The molecule has 0 aliphatic rings. The molecule has 0 aliphatic carbocycles. The topological polar surface area (TPSA) is 123 Å². The monoisotopic (exact) mass is 397 g/mol. The first kappa shape index (κ1) is 21.4. The van der Waals surface area contributed by atoms with Crippen LogP contribution in [-0.4, -0.2) is 36.6 Å². The van der Waals surface area contributed by atoms with Gasteiger partial charge in [-0.1, -0.05) is 18.2 Å². The number of esters is 1. The fourth-order valence-electron chi connectivity index (χ4n) is 2.60. The van der Waals surface area contributed by atoms with Crippen LogP contribution in [0.15, 0.2) is 48.5 Å². The first-order valence-corrected chi connectivity index (χ1v) is 8.65. The molecule has 1 unspecified atom stereocenters. The first-order valence-electron chi connectivity index (χ1n) is 8.65. The van der Waals surface area contributed by atoms with Gasteiger partial charge in [0.15, 0.2) is 6.10 Å². The summed E-state index contributed by atoms with van der Waals surface area (Å²) in [5, 5.41) is 19.8.